The zero-order valence-corrected chi connectivity index (χ0v) is 11.7. The maximum atomic E-state index is 9.06. The molecule has 0 atom stereocenters. The van der Waals surface area contributed by atoms with Gasteiger partial charge in [0.25, 0.3) is 0 Å². The highest BCUT2D eigenvalue weighted by molar-refractivity contribution is 5.36. The minimum Gasteiger partial charge on any atom is -0.508 e. The molecule has 0 amide bonds. The van der Waals surface area contributed by atoms with Crippen LogP contribution in [0.1, 0.15) is 18.9 Å². The maximum Gasteiger partial charge on any atom is 0.122 e. The molecule has 0 bridgehead atoms. The minimum atomic E-state index is 0.133. The highest BCUT2D eigenvalue weighted by atomic mass is 16.5. The molecular formula is C16H20O4. The summed E-state index contributed by atoms with van der Waals surface area (Å²) in [6.45, 7) is 2.06. The van der Waals surface area contributed by atoms with Crippen molar-refractivity contribution in [1.82, 2.24) is 0 Å². The van der Waals surface area contributed by atoms with Crippen LogP contribution in [0.5, 0.6) is 23.0 Å². The molecule has 2 aromatic carbocycles. The van der Waals surface area contributed by atoms with Crippen LogP contribution in [0.15, 0.2) is 42.5 Å². The highest BCUT2D eigenvalue weighted by Gasteiger charge is 1.96. The molecule has 2 rings (SSSR count). The molecule has 108 valence electrons. The summed E-state index contributed by atoms with van der Waals surface area (Å²) < 4.78 is 4.84. The smallest absolute Gasteiger partial charge is 0.122 e. The fourth-order valence-corrected chi connectivity index (χ4v) is 1.70. The Bertz CT molecular complexity index is 518. The lowest BCUT2D eigenvalue weighted by Crippen LogP contribution is -1.81. The average Bonchev–Trinajstić information content (AvgIpc) is 2.38. The summed E-state index contributed by atoms with van der Waals surface area (Å²) in [5, 5.41) is 27.0. The molecule has 0 spiro atoms. The molecule has 2 aromatic rings. The summed E-state index contributed by atoms with van der Waals surface area (Å²) in [7, 11) is 1.56. The van der Waals surface area contributed by atoms with Crippen LogP contribution in [-0.2, 0) is 6.42 Å². The van der Waals surface area contributed by atoms with E-state index in [1.54, 1.807) is 43.5 Å². The van der Waals surface area contributed by atoms with E-state index in [1.165, 1.54) is 6.07 Å². The fourth-order valence-electron chi connectivity index (χ4n) is 1.70. The Morgan fingerprint density at radius 2 is 1.55 bits per heavy atom. The van der Waals surface area contributed by atoms with Crippen LogP contribution in [0.25, 0.3) is 0 Å². The van der Waals surface area contributed by atoms with Crippen molar-refractivity contribution in [3.8, 4) is 23.0 Å². The number of aromatic hydroxyl groups is 3. The van der Waals surface area contributed by atoms with Crippen molar-refractivity contribution in [2.75, 3.05) is 7.11 Å². The number of ether oxygens (including phenoxy) is 1. The van der Waals surface area contributed by atoms with Crippen LogP contribution in [0.4, 0.5) is 0 Å². The number of rotatable bonds is 3. The van der Waals surface area contributed by atoms with Gasteiger partial charge in [-0.05, 0) is 36.2 Å². The predicted octanol–water partition coefficient (Wildman–Crippen LogP) is 3.45. The van der Waals surface area contributed by atoms with E-state index >= 15 is 0 Å². The van der Waals surface area contributed by atoms with Crippen molar-refractivity contribution in [2.24, 2.45) is 0 Å². The first-order valence-corrected chi connectivity index (χ1v) is 6.40. The first kappa shape index (κ1) is 15.7. The predicted molar refractivity (Wildman–Crippen MR) is 78.4 cm³/mol. The maximum absolute atomic E-state index is 9.06. The second-order valence-electron chi connectivity index (χ2n) is 4.31. The van der Waals surface area contributed by atoms with Gasteiger partial charge in [-0.2, -0.15) is 0 Å². The van der Waals surface area contributed by atoms with Gasteiger partial charge in [0.1, 0.15) is 23.0 Å². The number of hydrogen-bond acceptors (Lipinski definition) is 4. The number of aryl methyl sites for hydroxylation is 1. The third-order valence-electron chi connectivity index (χ3n) is 2.55. The van der Waals surface area contributed by atoms with Crippen LogP contribution in [-0.4, -0.2) is 22.4 Å². The van der Waals surface area contributed by atoms with Crippen molar-refractivity contribution in [3.63, 3.8) is 0 Å². The van der Waals surface area contributed by atoms with Gasteiger partial charge in [-0.15, -0.1) is 0 Å². The molecule has 0 aliphatic carbocycles. The van der Waals surface area contributed by atoms with Gasteiger partial charge in [0.15, 0.2) is 0 Å². The topological polar surface area (TPSA) is 69.9 Å². The Morgan fingerprint density at radius 3 is 2.00 bits per heavy atom. The number of hydrogen-bond donors (Lipinski definition) is 3. The van der Waals surface area contributed by atoms with Gasteiger partial charge in [-0.3, -0.25) is 0 Å². The van der Waals surface area contributed by atoms with Crippen LogP contribution < -0.4 is 4.74 Å². The Hall–Kier alpha value is -2.36. The van der Waals surface area contributed by atoms with Gasteiger partial charge < -0.3 is 20.1 Å². The molecule has 4 heteroatoms. The van der Waals surface area contributed by atoms with Crippen molar-refractivity contribution in [3.05, 3.63) is 48.0 Å². The van der Waals surface area contributed by atoms with Gasteiger partial charge in [0, 0.05) is 12.1 Å². The van der Waals surface area contributed by atoms with E-state index < -0.39 is 0 Å². The van der Waals surface area contributed by atoms with Crippen molar-refractivity contribution < 1.29 is 20.1 Å². The van der Waals surface area contributed by atoms with E-state index in [4.69, 9.17) is 20.1 Å². The second kappa shape index (κ2) is 7.94. The van der Waals surface area contributed by atoms with E-state index in [9.17, 15) is 0 Å². The largest absolute Gasteiger partial charge is 0.508 e. The van der Waals surface area contributed by atoms with Gasteiger partial charge >= 0.3 is 0 Å². The average molecular weight is 276 g/mol. The van der Waals surface area contributed by atoms with Crippen LogP contribution in [0, 0.1) is 0 Å². The highest BCUT2D eigenvalue weighted by Crippen LogP contribution is 2.21. The molecule has 0 unspecified atom stereocenters. The van der Waals surface area contributed by atoms with E-state index in [0.717, 1.165) is 18.4 Å². The molecule has 0 aromatic heterocycles. The summed E-state index contributed by atoms with van der Waals surface area (Å²) >= 11 is 0. The molecule has 4 nitrogen and oxygen atoms in total. The Balaban J connectivity index is 0.000000204. The number of phenolic OH excluding ortho intramolecular Hbond substituents is 3. The van der Waals surface area contributed by atoms with Gasteiger partial charge in [0.05, 0.1) is 7.11 Å². The zero-order valence-electron chi connectivity index (χ0n) is 11.7. The lowest BCUT2D eigenvalue weighted by Gasteiger charge is -2.00. The summed E-state index contributed by atoms with van der Waals surface area (Å²) in [4.78, 5) is 0. The SMILES string of the molecule is CCCc1cc(O)cc(O)c1.COc1cccc(O)c1. The summed E-state index contributed by atoms with van der Waals surface area (Å²) in [6.07, 6.45) is 1.91. The van der Waals surface area contributed by atoms with Crippen LogP contribution in [0.3, 0.4) is 0 Å². The summed E-state index contributed by atoms with van der Waals surface area (Å²) in [5.74, 6) is 1.17. The third-order valence-corrected chi connectivity index (χ3v) is 2.55. The molecule has 0 fully saturated rings. The molecule has 0 aliphatic heterocycles. The normalized spacial score (nSPS) is 9.50. The van der Waals surface area contributed by atoms with E-state index in [1.807, 2.05) is 0 Å². The Labute approximate surface area is 118 Å². The quantitative estimate of drug-likeness (QED) is 0.803. The lowest BCUT2D eigenvalue weighted by atomic mass is 10.1. The molecule has 20 heavy (non-hydrogen) atoms. The fraction of sp³-hybridized carbons (Fsp3) is 0.250. The molecular weight excluding hydrogens is 256 g/mol. The Kier molecular flexibility index (Phi) is 6.23. The van der Waals surface area contributed by atoms with Crippen molar-refractivity contribution >= 4 is 0 Å². The Morgan fingerprint density at radius 1 is 0.900 bits per heavy atom. The first-order valence-electron chi connectivity index (χ1n) is 6.40. The number of phenols is 3. The molecule has 0 radical (unpaired) electrons. The lowest BCUT2D eigenvalue weighted by molar-refractivity contribution is 0.407. The molecule has 0 saturated carbocycles. The number of methoxy groups -OCH3 is 1. The van der Waals surface area contributed by atoms with Crippen LogP contribution in [0.2, 0.25) is 0 Å². The minimum absolute atomic E-state index is 0.133. The van der Waals surface area contributed by atoms with Crippen molar-refractivity contribution in [2.45, 2.75) is 19.8 Å². The van der Waals surface area contributed by atoms with E-state index in [2.05, 4.69) is 6.92 Å². The summed E-state index contributed by atoms with van der Waals surface area (Å²) in [6, 6.07) is 11.3. The second-order valence-corrected chi connectivity index (χ2v) is 4.31. The first-order chi connectivity index (χ1) is 9.55. The molecule has 0 saturated heterocycles. The van der Waals surface area contributed by atoms with E-state index in [-0.39, 0.29) is 17.2 Å². The molecule has 0 aliphatic rings. The summed E-state index contributed by atoms with van der Waals surface area (Å²) in [5.41, 5.74) is 0.977. The third kappa shape index (κ3) is 5.52. The van der Waals surface area contributed by atoms with Crippen LogP contribution >= 0.6 is 0 Å². The number of benzene rings is 2. The zero-order chi connectivity index (χ0) is 15.0. The monoisotopic (exact) mass is 276 g/mol. The standard InChI is InChI=1S/C9H12O2.C7H8O2/c1-2-3-7-4-8(10)6-9(11)5-7;1-9-7-4-2-3-6(8)5-7/h4-6,10-11H,2-3H2,1H3;2-5,8H,1H3. The molecule has 3 N–H and O–H groups in total. The van der Waals surface area contributed by atoms with Crippen molar-refractivity contribution in [1.29, 1.82) is 0 Å². The van der Waals surface area contributed by atoms with E-state index in [0.29, 0.717) is 5.75 Å². The van der Waals surface area contributed by atoms with Gasteiger partial charge in [-0.1, -0.05) is 19.4 Å². The molecule has 0 heterocycles. The van der Waals surface area contributed by atoms with Gasteiger partial charge in [0.2, 0.25) is 0 Å². The van der Waals surface area contributed by atoms with Gasteiger partial charge in [-0.25, -0.2) is 0 Å².